The number of carbonyl (C=O) groups is 1. The largest absolute Gasteiger partial charge is 0.464 e. The van der Waals surface area contributed by atoms with Gasteiger partial charge in [0.1, 0.15) is 5.82 Å². The Balaban J connectivity index is 2.23. The average Bonchev–Trinajstić information content (AvgIpc) is 2.87. The summed E-state index contributed by atoms with van der Waals surface area (Å²) in [4.78, 5) is 15.2. The number of esters is 1. The number of methoxy groups -OCH3 is 1. The molecule has 2 aromatic heterocycles. The van der Waals surface area contributed by atoms with Crippen LogP contribution in [0.15, 0.2) is 18.6 Å². The van der Waals surface area contributed by atoms with Gasteiger partial charge in [-0.05, 0) is 6.07 Å². The first-order chi connectivity index (χ1) is 8.11. The van der Waals surface area contributed by atoms with Crippen LogP contribution >= 0.6 is 0 Å². The molecule has 0 bridgehead atoms. The molecule has 0 fully saturated rings. The number of nitrogens with two attached hydrogens (primary N) is 1. The van der Waals surface area contributed by atoms with E-state index >= 15 is 0 Å². The minimum atomic E-state index is -0.540. The molecule has 0 aliphatic heterocycles. The van der Waals surface area contributed by atoms with Gasteiger partial charge >= 0.3 is 5.97 Å². The highest BCUT2D eigenvalue weighted by atomic mass is 16.5. The lowest BCUT2D eigenvalue weighted by Crippen LogP contribution is -2.09. The van der Waals surface area contributed by atoms with E-state index in [1.165, 1.54) is 13.4 Å². The summed E-state index contributed by atoms with van der Waals surface area (Å²) in [6.45, 7) is 0.469. The van der Waals surface area contributed by atoms with Crippen molar-refractivity contribution in [2.75, 3.05) is 12.8 Å². The topological polar surface area (TPSA) is 88.0 Å². The second-order valence-corrected chi connectivity index (χ2v) is 3.58. The number of hydrogen-bond donors (Lipinski definition) is 1. The molecule has 0 aromatic carbocycles. The van der Waals surface area contributed by atoms with Gasteiger partial charge in [-0.3, -0.25) is 4.68 Å². The van der Waals surface area contributed by atoms with Crippen LogP contribution in [0.25, 0.3) is 0 Å². The Labute approximate surface area is 97.8 Å². The van der Waals surface area contributed by atoms with Gasteiger partial charge in [-0.15, -0.1) is 0 Å². The third kappa shape index (κ3) is 2.12. The number of aromatic nitrogens is 4. The van der Waals surface area contributed by atoms with E-state index < -0.39 is 5.97 Å². The fourth-order valence-electron chi connectivity index (χ4n) is 1.49. The maximum absolute atomic E-state index is 11.3. The Morgan fingerprint density at radius 3 is 2.94 bits per heavy atom. The van der Waals surface area contributed by atoms with Crippen molar-refractivity contribution in [3.8, 4) is 0 Å². The van der Waals surface area contributed by atoms with E-state index in [-0.39, 0.29) is 11.5 Å². The standard InChI is InChI=1S/C10H13N5O2/c1-14-4-3-7(13-14)5-15-6-12-8(9(15)11)10(16)17-2/h3-4,6H,5,11H2,1-2H3. The molecule has 0 amide bonds. The van der Waals surface area contributed by atoms with Crippen molar-refractivity contribution < 1.29 is 9.53 Å². The van der Waals surface area contributed by atoms with E-state index in [0.29, 0.717) is 6.54 Å². The number of imidazole rings is 1. The molecule has 0 spiro atoms. The number of nitrogens with zero attached hydrogens (tertiary/aromatic N) is 4. The van der Waals surface area contributed by atoms with Crippen molar-refractivity contribution in [1.29, 1.82) is 0 Å². The summed E-state index contributed by atoms with van der Waals surface area (Å²) in [5, 5.41) is 4.22. The zero-order chi connectivity index (χ0) is 12.4. The first-order valence-electron chi connectivity index (χ1n) is 4.99. The van der Waals surface area contributed by atoms with Gasteiger partial charge in [0.05, 0.1) is 25.7 Å². The fourth-order valence-corrected chi connectivity index (χ4v) is 1.49. The Morgan fingerprint density at radius 1 is 1.59 bits per heavy atom. The second kappa shape index (κ2) is 4.28. The molecule has 2 aromatic rings. The lowest BCUT2D eigenvalue weighted by molar-refractivity contribution is 0.0596. The number of hydrogen-bond acceptors (Lipinski definition) is 5. The number of anilines is 1. The molecule has 0 atom stereocenters. The van der Waals surface area contributed by atoms with Crippen molar-refractivity contribution in [3.05, 3.63) is 30.0 Å². The van der Waals surface area contributed by atoms with Crippen molar-refractivity contribution in [3.63, 3.8) is 0 Å². The minimum absolute atomic E-state index is 0.128. The van der Waals surface area contributed by atoms with Gasteiger partial charge in [0.2, 0.25) is 0 Å². The maximum Gasteiger partial charge on any atom is 0.360 e. The molecule has 0 radical (unpaired) electrons. The SMILES string of the molecule is COC(=O)c1ncn(Cc2ccn(C)n2)c1N. The molecular formula is C10H13N5O2. The highest BCUT2D eigenvalue weighted by molar-refractivity contribution is 5.92. The lowest BCUT2D eigenvalue weighted by atomic mass is 10.4. The van der Waals surface area contributed by atoms with Gasteiger partial charge in [0.15, 0.2) is 5.69 Å². The van der Waals surface area contributed by atoms with Crippen molar-refractivity contribution >= 4 is 11.8 Å². The molecule has 7 nitrogen and oxygen atoms in total. The Morgan fingerprint density at radius 2 is 2.35 bits per heavy atom. The number of nitrogen functional groups attached to an aromatic ring is 1. The second-order valence-electron chi connectivity index (χ2n) is 3.58. The van der Waals surface area contributed by atoms with Gasteiger partial charge in [0.25, 0.3) is 0 Å². The van der Waals surface area contributed by atoms with E-state index in [9.17, 15) is 4.79 Å². The quantitative estimate of drug-likeness (QED) is 0.758. The molecule has 2 N–H and O–H groups in total. The van der Waals surface area contributed by atoms with Crippen LogP contribution in [-0.2, 0) is 18.3 Å². The molecular weight excluding hydrogens is 222 g/mol. The molecule has 2 rings (SSSR count). The number of aryl methyl sites for hydroxylation is 1. The molecule has 17 heavy (non-hydrogen) atoms. The number of ether oxygens (including phenoxy) is 1. The number of rotatable bonds is 3. The highest BCUT2D eigenvalue weighted by Crippen LogP contribution is 2.12. The van der Waals surface area contributed by atoms with Crippen LogP contribution in [-0.4, -0.2) is 32.4 Å². The van der Waals surface area contributed by atoms with Crippen molar-refractivity contribution in [1.82, 2.24) is 19.3 Å². The van der Waals surface area contributed by atoms with Crippen LogP contribution in [0.5, 0.6) is 0 Å². The predicted molar refractivity (Wildman–Crippen MR) is 60.3 cm³/mol. The average molecular weight is 235 g/mol. The molecule has 90 valence electrons. The molecule has 0 aliphatic rings. The molecule has 0 saturated heterocycles. The Hall–Kier alpha value is -2.31. The molecule has 0 aliphatic carbocycles. The molecule has 0 saturated carbocycles. The molecule has 7 heteroatoms. The minimum Gasteiger partial charge on any atom is -0.464 e. The lowest BCUT2D eigenvalue weighted by Gasteiger charge is -2.02. The van der Waals surface area contributed by atoms with Crippen LogP contribution in [0.3, 0.4) is 0 Å². The number of carbonyl (C=O) groups excluding carboxylic acids is 1. The van der Waals surface area contributed by atoms with Crippen LogP contribution in [0.2, 0.25) is 0 Å². The summed E-state index contributed by atoms with van der Waals surface area (Å²) in [6.07, 6.45) is 3.33. The van der Waals surface area contributed by atoms with Crippen LogP contribution in [0.4, 0.5) is 5.82 Å². The molecule has 2 heterocycles. The van der Waals surface area contributed by atoms with E-state index in [4.69, 9.17) is 5.73 Å². The van der Waals surface area contributed by atoms with Gasteiger partial charge in [-0.2, -0.15) is 5.10 Å². The van der Waals surface area contributed by atoms with Gasteiger partial charge in [-0.1, -0.05) is 0 Å². The molecule has 0 unspecified atom stereocenters. The van der Waals surface area contributed by atoms with Gasteiger partial charge in [-0.25, -0.2) is 9.78 Å². The van der Waals surface area contributed by atoms with Gasteiger partial charge < -0.3 is 15.0 Å². The summed E-state index contributed by atoms with van der Waals surface area (Å²) >= 11 is 0. The predicted octanol–water partition coefficient (Wildman–Crippen LogP) is 0.0337. The van der Waals surface area contributed by atoms with E-state index in [1.807, 2.05) is 19.3 Å². The third-order valence-electron chi connectivity index (χ3n) is 2.36. The maximum atomic E-state index is 11.3. The van der Waals surface area contributed by atoms with E-state index in [1.54, 1.807) is 9.25 Å². The summed E-state index contributed by atoms with van der Waals surface area (Å²) in [5.41, 5.74) is 6.77. The monoisotopic (exact) mass is 235 g/mol. The third-order valence-corrected chi connectivity index (χ3v) is 2.36. The van der Waals surface area contributed by atoms with Crippen LogP contribution < -0.4 is 5.73 Å². The Bertz CT molecular complexity index is 543. The van der Waals surface area contributed by atoms with Crippen molar-refractivity contribution in [2.45, 2.75) is 6.54 Å². The summed E-state index contributed by atoms with van der Waals surface area (Å²) < 4.78 is 7.92. The first kappa shape index (κ1) is 11.2. The van der Waals surface area contributed by atoms with E-state index in [2.05, 4.69) is 14.8 Å². The first-order valence-corrected chi connectivity index (χ1v) is 4.99. The zero-order valence-corrected chi connectivity index (χ0v) is 9.62. The Kier molecular flexibility index (Phi) is 2.82. The summed E-state index contributed by atoms with van der Waals surface area (Å²) in [6, 6.07) is 1.87. The fraction of sp³-hybridized carbons (Fsp3) is 0.300. The summed E-state index contributed by atoms with van der Waals surface area (Å²) in [5.74, 6) is -0.259. The van der Waals surface area contributed by atoms with Crippen LogP contribution in [0.1, 0.15) is 16.2 Å². The van der Waals surface area contributed by atoms with Crippen molar-refractivity contribution in [2.24, 2.45) is 7.05 Å². The normalized spacial score (nSPS) is 10.5. The highest BCUT2D eigenvalue weighted by Gasteiger charge is 2.16. The zero-order valence-electron chi connectivity index (χ0n) is 9.62. The summed E-state index contributed by atoms with van der Waals surface area (Å²) in [7, 11) is 3.13. The van der Waals surface area contributed by atoms with E-state index in [0.717, 1.165) is 5.69 Å². The van der Waals surface area contributed by atoms with Gasteiger partial charge in [0, 0.05) is 13.2 Å². The smallest absolute Gasteiger partial charge is 0.360 e. The van der Waals surface area contributed by atoms with Crippen LogP contribution in [0, 0.1) is 0 Å².